The highest BCUT2D eigenvalue weighted by atomic mass is 79.9. The Morgan fingerprint density at radius 3 is 3.00 bits per heavy atom. The number of ketones is 1. The quantitative estimate of drug-likeness (QED) is 0.813. The van der Waals surface area contributed by atoms with Gasteiger partial charge < -0.3 is 4.57 Å². The first-order chi connectivity index (χ1) is 8.61. The van der Waals surface area contributed by atoms with Crippen molar-refractivity contribution in [2.24, 2.45) is 0 Å². The lowest BCUT2D eigenvalue weighted by atomic mass is 10.1. The van der Waals surface area contributed by atoms with Crippen molar-refractivity contribution < 1.29 is 9.18 Å². The highest BCUT2D eigenvalue weighted by Gasteiger charge is 2.15. The second-order valence-electron chi connectivity index (χ2n) is 3.85. The van der Waals surface area contributed by atoms with Crippen molar-refractivity contribution in [3.63, 3.8) is 0 Å². The number of carbonyl (C=O) groups is 1. The van der Waals surface area contributed by atoms with Gasteiger partial charge in [-0.1, -0.05) is 15.9 Å². The van der Waals surface area contributed by atoms with Crippen LogP contribution in [-0.2, 0) is 13.0 Å². The van der Waals surface area contributed by atoms with Crippen LogP contribution >= 0.6 is 15.9 Å². The third-order valence-corrected chi connectivity index (χ3v) is 3.18. The van der Waals surface area contributed by atoms with Gasteiger partial charge in [0.1, 0.15) is 11.6 Å². The summed E-state index contributed by atoms with van der Waals surface area (Å²) in [5.41, 5.74) is 0.0926. The predicted octanol–water partition coefficient (Wildman–Crippen LogP) is 3.23. The van der Waals surface area contributed by atoms with Crippen LogP contribution in [-0.4, -0.2) is 15.3 Å². The molecule has 0 bridgehead atoms. The molecule has 2 aromatic rings. The first kappa shape index (κ1) is 13.0. The molecule has 3 nitrogen and oxygen atoms in total. The van der Waals surface area contributed by atoms with Crippen molar-refractivity contribution >= 4 is 21.7 Å². The minimum Gasteiger partial charge on any atom is -0.335 e. The Morgan fingerprint density at radius 1 is 1.50 bits per heavy atom. The first-order valence-electron chi connectivity index (χ1n) is 5.60. The molecule has 1 heterocycles. The second-order valence-corrected chi connectivity index (χ2v) is 4.77. The number of nitrogens with zero attached hydrogens (tertiary/aromatic N) is 2. The molecular weight excluding hydrogens is 299 g/mol. The van der Waals surface area contributed by atoms with Crippen LogP contribution in [0.1, 0.15) is 23.1 Å². The molecule has 0 amide bonds. The molecule has 5 heteroatoms. The molecule has 0 saturated heterocycles. The Hall–Kier alpha value is -1.49. The maximum absolute atomic E-state index is 13.6. The number of hydrogen-bond donors (Lipinski definition) is 0. The maximum Gasteiger partial charge on any atom is 0.173 e. The summed E-state index contributed by atoms with van der Waals surface area (Å²) < 4.78 is 16.1. The molecule has 1 aromatic carbocycles. The standard InChI is InChI=1S/C13H12BrFN2O/c1-2-17-6-5-16-13(17)8-12(18)10-7-9(14)3-4-11(10)15/h3-7H,2,8H2,1H3. The van der Waals surface area contributed by atoms with Crippen LogP contribution in [0.3, 0.4) is 0 Å². The molecule has 0 aliphatic rings. The fourth-order valence-corrected chi connectivity index (χ4v) is 2.11. The molecule has 0 radical (unpaired) electrons. The lowest BCUT2D eigenvalue weighted by Gasteiger charge is -2.05. The Balaban J connectivity index is 2.25. The SMILES string of the molecule is CCn1ccnc1CC(=O)c1cc(Br)ccc1F. The molecule has 0 atom stereocenters. The van der Waals surface area contributed by atoms with E-state index in [9.17, 15) is 9.18 Å². The molecule has 0 aliphatic heterocycles. The molecule has 18 heavy (non-hydrogen) atoms. The smallest absolute Gasteiger partial charge is 0.173 e. The largest absolute Gasteiger partial charge is 0.335 e. The van der Waals surface area contributed by atoms with Gasteiger partial charge in [0.15, 0.2) is 5.78 Å². The van der Waals surface area contributed by atoms with E-state index in [1.54, 1.807) is 18.5 Å². The molecule has 1 aromatic heterocycles. The highest BCUT2D eigenvalue weighted by Crippen LogP contribution is 2.17. The number of aryl methyl sites for hydroxylation is 1. The number of halogens is 2. The zero-order valence-corrected chi connectivity index (χ0v) is 11.4. The molecule has 0 N–H and O–H groups in total. The minimum atomic E-state index is -0.502. The summed E-state index contributed by atoms with van der Waals surface area (Å²) in [6.07, 6.45) is 3.55. The van der Waals surface area contributed by atoms with E-state index in [1.807, 2.05) is 11.5 Å². The summed E-state index contributed by atoms with van der Waals surface area (Å²) in [4.78, 5) is 16.2. The van der Waals surface area contributed by atoms with E-state index in [2.05, 4.69) is 20.9 Å². The molecule has 0 aliphatic carbocycles. The van der Waals surface area contributed by atoms with Gasteiger partial charge in [0.25, 0.3) is 0 Å². The van der Waals surface area contributed by atoms with Crippen LogP contribution < -0.4 is 0 Å². The van der Waals surface area contributed by atoms with E-state index >= 15 is 0 Å². The summed E-state index contributed by atoms with van der Waals surface area (Å²) in [7, 11) is 0. The second kappa shape index (κ2) is 5.44. The first-order valence-corrected chi connectivity index (χ1v) is 6.39. The van der Waals surface area contributed by atoms with Gasteiger partial charge in [-0.2, -0.15) is 0 Å². The van der Waals surface area contributed by atoms with Gasteiger partial charge >= 0.3 is 0 Å². The van der Waals surface area contributed by atoms with Crippen molar-refractivity contribution in [1.29, 1.82) is 0 Å². The summed E-state index contributed by atoms with van der Waals surface area (Å²) in [6, 6.07) is 4.35. The summed E-state index contributed by atoms with van der Waals surface area (Å²) in [5.74, 6) is -0.116. The average molecular weight is 311 g/mol. The Labute approximate surface area is 113 Å². The molecule has 2 rings (SSSR count). The van der Waals surface area contributed by atoms with E-state index in [-0.39, 0.29) is 17.8 Å². The van der Waals surface area contributed by atoms with Gasteiger partial charge in [0.2, 0.25) is 0 Å². The number of Topliss-reactive ketones (excluding diaryl/α,β-unsaturated/α-hetero) is 1. The molecule has 0 unspecified atom stereocenters. The number of aromatic nitrogens is 2. The van der Waals surface area contributed by atoms with E-state index in [0.717, 1.165) is 6.54 Å². The van der Waals surface area contributed by atoms with E-state index in [4.69, 9.17) is 0 Å². The van der Waals surface area contributed by atoms with Crippen molar-refractivity contribution in [2.45, 2.75) is 19.9 Å². The Morgan fingerprint density at radius 2 is 2.28 bits per heavy atom. The van der Waals surface area contributed by atoms with Crippen molar-refractivity contribution in [1.82, 2.24) is 9.55 Å². The Bertz CT molecular complexity index is 580. The highest BCUT2D eigenvalue weighted by molar-refractivity contribution is 9.10. The lowest BCUT2D eigenvalue weighted by molar-refractivity contribution is 0.0986. The van der Waals surface area contributed by atoms with Crippen LogP contribution in [0.5, 0.6) is 0 Å². The van der Waals surface area contributed by atoms with Gasteiger partial charge in [0, 0.05) is 23.4 Å². The molecular formula is C13H12BrFN2O. The third-order valence-electron chi connectivity index (χ3n) is 2.69. The zero-order valence-electron chi connectivity index (χ0n) is 9.86. The number of carbonyl (C=O) groups excluding carboxylic acids is 1. The number of benzene rings is 1. The fourth-order valence-electron chi connectivity index (χ4n) is 1.75. The van der Waals surface area contributed by atoms with Crippen LogP contribution in [0.2, 0.25) is 0 Å². The van der Waals surface area contributed by atoms with Crippen molar-refractivity contribution in [2.75, 3.05) is 0 Å². The van der Waals surface area contributed by atoms with Crippen molar-refractivity contribution in [3.8, 4) is 0 Å². The van der Waals surface area contributed by atoms with Crippen LogP contribution in [0.4, 0.5) is 4.39 Å². The monoisotopic (exact) mass is 310 g/mol. The average Bonchev–Trinajstić information content (AvgIpc) is 2.79. The van der Waals surface area contributed by atoms with Gasteiger partial charge in [-0.05, 0) is 25.1 Å². The molecule has 0 spiro atoms. The lowest BCUT2D eigenvalue weighted by Crippen LogP contribution is -2.11. The summed E-state index contributed by atoms with van der Waals surface area (Å²) in [5, 5.41) is 0. The zero-order chi connectivity index (χ0) is 13.1. The summed E-state index contributed by atoms with van der Waals surface area (Å²) in [6.45, 7) is 2.71. The van der Waals surface area contributed by atoms with Gasteiger partial charge in [-0.3, -0.25) is 4.79 Å². The van der Waals surface area contributed by atoms with Gasteiger partial charge in [-0.15, -0.1) is 0 Å². The van der Waals surface area contributed by atoms with E-state index < -0.39 is 5.82 Å². The molecule has 0 saturated carbocycles. The predicted molar refractivity (Wildman–Crippen MR) is 70.0 cm³/mol. The summed E-state index contributed by atoms with van der Waals surface area (Å²) >= 11 is 3.23. The fraction of sp³-hybridized carbons (Fsp3) is 0.231. The molecule has 0 fully saturated rings. The van der Waals surface area contributed by atoms with Gasteiger partial charge in [-0.25, -0.2) is 9.37 Å². The van der Waals surface area contributed by atoms with Gasteiger partial charge in [0.05, 0.1) is 12.0 Å². The van der Waals surface area contributed by atoms with E-state index in [0.29, 0.717) is 10.3 Å². The number of hydrogen-bond acceptors (Lipinski definition) is 2. The Kier molecular flexibility index (Phi) is 3.91. The van der Waals surface area contributed by atoms with Crippen molar-refractivity contribution in [3.05, 3.63) is 52.3 Å². The van der Waals surface area contributed by atoms with Crippen LogP contribution in [0.15, 0.2) is 35.1 Å². The molecule has 94 valence electrons. The minimum absolute atomic E-state index is 0.0926. The topological polar surface area (TPSA) is 34.9 Å². The van der Waals surface area contributed by atoms with Crippen LogP contribution in [0.25, 0.3) is 0 Å². The van der Waals surface area contributed by atoms with Crippen LogP contribution in [0, 0.1) is 5.82 Å². The van der Waals surface area contributed by atoms with E-state index in [1.165, 1.54) is 12.1 Å². The normalized spacial score (nSPS) is 10.6. The number of rotatable bonds is 4. The number of imidazole rings is 1. The third kappa shape index (κ3) is 2.67. The maximum atomic E-state index is 13.6.